The molecule has 1 aromatic rings. The van der Waals surface area contributed by atoms with E-state index in [1.165, 1.54) is 11.1 Å². The van der Waals surface area contributed by atoms with Gasteiger partial charge in [-0.3, -0.25) is 10.1 Å². The topological polar surface area (TPSA) is 101 Å². The summed E-state index contributed by atoms with van der Waals surface area (Å²) in [5, 5.41) is 15.3. The molecule has 2 heterocycles. The average Bonchev–Trinajstić information content (AvgIpc) is 3.26. The normalized spacial score (nSPS) is 40.3. The first kappa shape index (κ1) is 25.8. The summed E-state index contributed by atoms with van der Waals surface area (Å²) in [6.07, 6.45) is 6.38. The molecule has 0 unspecified atom stereocenters. The first-order valence-corrected chi connectivity index (χ1v) is 14.0. The van der Waals surface area contributed by atoms with Crippen LogP contribution in [0, 0.1) is 23.2 Å². The van der Waals surface area contributed by atoms with Gasteiger partial charge in [-0.25, -0.2) is 4.79 Å². The molecule has 7 atom stereocenters. The third-order valence-corrected chi connectivity index (χ3v) is 10.1. The van der Waals surface area contributed by atoms with E-state index in [9.17, 15) is 14.7 Å². The quantitative estimate of drug-likeness (QED) is 0.411. The average molecular weight is 521 g/mol. The number of cyclic esters (lactones) is 1. The van der Waals surface area contributed by atoms with Crippen molar-refractivity contribution in [3.05, 3.63) is 68.2 Å². The number of carbonyl (C=O) groups is 1. The van der Waals surface area contributed by atoms with Crippen LogP contribution in [0.25, 0.3) is 0 Å². The molecule has 0 spiro atoms. The molecule has 1 aliphatic heterocycles. The molecule has 0 radical (unpaired) electrons. The van der Waals surface area contributed by atoms with Crippen molar-refractivity contribution in [3.63, 3.8) is 0 Å². The van der Waals surface area contributed by atoms with Crippen molar-refractivity contribution in [1.82, 2.24) is 10.3 Å². The Hall–Kier alpha value is -2.48. The highest BCUT2D eigenvalue weighted by atomic mass is 16.6. The lowest BCUT2D eigenvalue weighted by molar-refractivity contribution is -0.149. The largest absolute Gasteiger partial charge is 0.440 e. The molecule has 2 bridgehead atoms. The maximum absolute atomic E-state index is 13.8. The zero-order valence-corrected chi connectivity index (χ0v) is 23.3. The lowest BCUT2D eigenvalue weighted by Gasteiger charge is -2.50. The third-order valence-electron chi connectivity index (χ3n) is 10.1. The highest BCUT2D eigenvalue weighted by Crippen LogP contribution is 2.57. The summed E-state index contributed by atoms with van der Waals surface area (Å²) in [4.78, 5) is 29.1. The molecule has 0 aromatic carbocycles. The molecule has 1 aromatic heterocycles. The van der Waals surface area contributed by atoms with Gasteiger partial charge in [0.1, 0.15) is 0 Å². The Kier molecular flexibility index (Phi) is 5.77. The van der Waals surface area contributed by atoms with Gasteiger partial charge in [-0.2, -0.15) is 0 Å². The van der Waals surface area contributed by atoms with E-state index in [0.717, 1.165) is 29.7 Å². The zero-order chi connectivity index (χ0) is 27.2. The van der Waals surface area contributed by atoms with Gasteiger partial charge in [0.05, 0.1) is 17.2 Å². The second kappa shape index (κ2) is 8.51. The molecular formula is C31H40N2O5. The molecule has 2 fully saturated rings. The minimum atomic E-state index is -1.12. The van der Waals surface area contributed by atoms with Gasteiger partial charge in [0.25, 0.3) is 0 Å². The molecule has 5 aliphatic rings. The second-order valence-electron chi connectivity index (χ2n) is 13.1. The van der Waals surface area contributed by atoms with Crippen molar-refractivity contribution >= 4 is 5.97 Å². The van der Waals surface area contributed by atoms with E-state index in [1.807, 2.05) is 13.0 Å². The Morgan fingerprint density at radius 2 is 1.97 bits per heavy atom. The number of hydrogen-bond acceptors (Lipinski definition) is 6. The number of aromatic amines is 1. The van der Waals surface area contributed by atoms with Crippen LogP contribution in [0.2, 0.25) is 0 Å². The first-order chi connectivity index (χ1) is 17.9. The maximum atomic E-state index is 13.8. The number of hydrogen-bond donors (Lipinski definition) is 3. The van der Waals surface area contributed by atoms with E-state index in [0.29, 0.717) is 18.4 Å². The molecule has 3 N–H and O–H groups in total. The molecule has 7 nitrogen and oxygen atoms in total. The number of nitrogens with one attached hydrogen (secondary N) is 2. The summed E-state index contributed by atoms with van der Waals surface area (Å²) in [6, 6.07) is 3.49. The van der Waals surface area contributed by atoms with E-state index in [-0.39, 0.29) is 41.1 Å². The smallest absolute Gasteiger partial charge is 0.338 e. The maximum Gasteiger partial charge on any atom is 0.338 e. The van der Waals surface area contributed by atoms with E-state index in [4.69, 9.17) is 9.47 Å². The van der Waals surface area contributed by atoms with Crippen molar-refractivity contribution < 1.29 is 19.4 Å². The molecule has 0 amide bonds. The number of allylic oxidation sites excluding steroid dienone is 3. The number of esters is 1. The Balaban J connectivity index is 1.53. The number of aliphatic hydroxyl groups excluding tert-OH is 1. The zero-order valence-electron chi connectivity index (χ0n) is 23.3. The second-order valence-corrected chi connectivity index (χ2v) is 13.1. The van der Waals surface area contributed by atoms with Gasteiger partial charge in [-0.15, -0.1) is 0 Å². The fourth-order valence-electron chi connectivity index (χ4n) is 8.54. The van der Waals surface area contributed by atoms with Crippen LogP contribution < -0.4 is 10.9 Å². The number of aliphatic hydroxyl groups is 1. The Labute approximate surface area is 224 Å². The highest BCUT2D eigenvalue weighted by Gasteiger charge is 2.63. The number of pyridine rings is 1. The van der Waals surface area contributed by atoms with Crippen LogP contribution in [0.15, 0.2) is 51.4 Å². The molecular weight excluding hydrogens is 480 g/mol. The van der Waals surface area contributed by atoms with Gasteiger partial charge in [0, 0.05) is 31.2 Å². The van der Waals surface area contributed by atoms with Gasteiger partial charge in [0.2, 0.25) is 5.56 Å². The monoisotopic (exact) mass is 520 g/mol. The van der Waals surface area contributed by atoms with Gasteiger partial charge in [-0.1, -0.05) is 44.1 Å². The number of aromatic nitrogens is 1. The van der Waals surface area contributed by atoms with Crippen molar-refractivity contribution in [2.45, 2.75) is 90.2 Å². The van der Waals surface area contributed by atoms with E-state index in [2.05, 4.69) is 50.1 Å². The van der Waals surface area contributed by atoms with Crippen molar-refractivity contribution in [2.24, 2.45) is 23.2 Å². The molecule has 38 heavy (non-hydrogen) atoms. The minimum Gasteiger partial charge on any atom is -0.440 e. The molecule has 4 aliphatic carbocycles. The number of H-pyrrole nitrogens is 1. The fraction of sp³-hybridized carbons (Fsp3) is 0.613. The SMILES string of the molecule is C/C=C1\[C@H]2C=C(C)C[C@]1(N[C@H]1OC(=O)C3=C4CC(C)(C)C[C@H]4[C@@H](C)[C@@H](O)C[C@]31OC)c1ccc(=O)[nH]c1C2. The van der Waals surface area contributed by atoms with Crippen molar-refractivity contribution in [3.8, 4) is 0 Å². The summed E-state index contributed by atoms with van der Waals surface area (Å²) in [7, 11) is 1.63. The molecule has 6 rings (SSSR count). The first-order valence-electron chi connectivity index (χ1n) is 14.0. The predicted molar refractivity (Wildman–Crippen MR) is 144 cm³/mol. The number of carbonyl (C=O) groups excluding carboxylic acids is 1. The molecule has 7 heteroatoms. The number of ether oxygens (including phenoxy) is 2. The predicted octanol–water partition coefficient (Wildman–Crippen LogP) is 4.03. The Morgan fingerprint density at radius 3 is 2.68 bits per heavy atom. The molecule has 1 saturated carbocycles. The van der Waals surface area contributed by atoms with Crippen molar-refractivity contribution in [2.75, 3.05) is 7.11 Å². The van der Waals surface area contributed by atoms with Crippen LogP contribution in [0.5, 0.6) is 0 Å². The summed E-state index contributed by atoms with van der Waals surface area (Å²) in [5.74, 6) is -0.0921. The summed E-state index contributed by atoms with van der Waals surface area (Å²) < 4.78 is 12.5. The van der Waals surface area contributed by atoms with Gasteiger partial charge in [0.15, 0.2) is 11.8 Å². The highest BCUT2D eigenvalue weighted by molar-refractivity contribution is 5.95. The Morgan fingerprint density at radius 1 is 1.21 bits per heavy atom. The van der Waals surface area contributed by atoms with E-state index < -0.39 is 23.5 Å². The lowest BCUT2D eigenvalue weighted by atomic mass is 9.62. The number of fused-ring (bicyclic) bond motifs is 6. The van der Waals surface area contributed by atoms with E-state index >= 15 is 0 Å². The van der Waals surface area contributed by atoms with Crippen LogP contribution >= 0.6 is 0 Å². The van der Waals surface area contributed by atoms with Crippen LogP contribution in [0.1, 0.15) is 71.6 Å². The van der Waals surface area contributed by atoms with Gasteiger partial charge >= 0.3 is 5.97 Å². The minimum absolute atomic E-state index is 0.0133. The van der Waals surface area contributed by atoms with Crippen molar-refractivity contribution in [1.29, 1.82) is 0 Å². The van der Waals surface area contributed by atoms with E-state index in [1.54, 1.807) is 13.2 Å². The lowest BCUT2D eigenvalue weighted by Crippen LogP contribution is -2.61. The third kappa shape index (κ3) is 3.51. The van der Waals surface area contributed by atoms with Gasteiger partial charge in [-0.05, 0) is 74.0 Å². The fourth-order valence-corrected chi connectivity index (χ4v) is 8.54. The Bertz CT molecular complexity index is 1350. The standard InChI is InChI=1S/C31H40N2O5/c1-7-21-18-10-16(2)12-30(21,22-8-9-25(35)32-23(22)11-18)33-28-31(37-6)15-24(34)17(3)19-13-29(4,5)14-20(19)26(31)27(36)38-28/h7-10,17-19,24,28,33-34H,11-15H2,1-6H3,(H,32,35)/b21-7+/t17-,18+,19+,24+,28+,30-,31+/m1/s1. The summed E-state index contributed by atoms with van der Waals surface area (Å²) in [6.45, 7) is 10.7. The van der Waals surface area contributed by atoms with Crippen LogP contribution in [0.3, 0.4) is 0 Å². The number of methoxy groups -OCH3 is 1. The summed E-state index contributed by atoms with van der Waals surface area (Å²) >= 11 is 0. The molecule has 204 valence electrons. The van der Waals surface area contributed by atoms with Crippen LogP contribution in [0.4, 0.5) is 0 Å². The van der Waals surface area contributed by atoms with Gasteiger partial charge < -0.3 is 19.6 Å². The van der Waals surface area contributed by atoms with Crippen LogP contribution in [-0.2, 0) is 26.2 Å². The summed E-state index contributed by atoms with van der Waals surface area (Å²) in [5.41, 5.74) is 4.16. The molecule has 1 saturated heterocycles. The van der Waals surface area contributed by atoms with Crippen LogP contribution in [-0.4, -0.2) is 41.1 Å². The number of rotatable bonds is 3.